The van der Waals surface area contributed by atoms with E-state index >= 15 is 0 Å². The van der Waals surface area contributed by atoms with Crippen molar-refractivity contribution in [3.8, 4) is 0 Å². The van der Waals surface area contributed by atoms with Crippen LogP contribution >= 0.6 is 19.2 Å². The van der Waals surface area contributed by atoms with Gasteiger partial charge in [-0.1, -0.05) is 41.9 Å². The Hall–Kier alpha value is -1.24. The third-order valence-corrected chi connectivity index (χ3v) is 7.32. The molecule has 2 aromatic carbocycles. The highest BCUT2D eigenvalue weighted by atomic mass is 35.5. The molecule has 0 N–H and O–H groups in total. The van der Waals surface area contributed by atoms with Crippen molar-refractivity contribution in [3.05, 3.63) is 65.2 Å². The maximum Gasteiger partial charge on any atom is 0.362 e. The summed E-state index contributed by atoms with van der Waals surface area (Å²) in [4.78, 5) is 0. The lowest BCUT2D eigenvalue weighted by atomic mass is 9.99. The molecule has 0 radical (unpaired) electrons. The molecule has 6 nitrogen and oxygen atoms in total. The first-order valence-corrected chi connectivity index (χ1v) is 11.1. The summed E-state index contributed by atoms with van der Waals surface area (Å²) in [5.41, 5.74) is 0.804. The van der Waals surface area contributed by atoms with Crippen LogP contribution in [0.5, 0.6) is 0 Å². The van der Waals surface area contributed by atoms with Crippen LogP contribution in [0.4, 0.5) is 0 Å². The average Bonchev–Trinajstić information content (AvgIpc) is 3.15. The van der Waals surface area contributed by atoms with Gasteiger partial charge in [0.25, 0.3) is 0 Å². The summed E-state index contributed by atoms with van der Waals surface area (Å²) in [5, 5.41) is 1.10. The lowest BCUT2D eigenvalue weighted by Crippen LogP contribution is -2.44. The zero-order valence-corrected chi connectivity index (χ0v) is 17.0. The number of fused-ring (bicyclic) bond motifs is 3. The summed E-state index contributed by atoms with van der Waals surface area (Å²) >= 11 is 6.03. The van der Waals surface area contributed by atoms with E-state index in [1.54, 1.807) is 36.4 Å². The smallest absolute Gasteiger partial charge is 0.341 e. The maximum absolute atomic E-state index is 13.8. The third-order valence-electron chi connectivity index (χ3n) is 5.11. The summed E-state index contributed by atoms with van der Waals surface area (Å²) in [6.45, 7) is 3.63. The minimum Gasteiger partial charge on any atom is -0.341 e. The first-order chi connectivity index (χ1) is 13.3. The van der Waals surface area contributed by atoms with Gasteiger partial charge in [0.05, 0.1) is 5.30 Å². The minimum atomic E-state index is -3.61. The van der Waals surface area contributed by atoms with Gasteiger partial charge in [-0.2, -0.15) is 0 Å². The fourth-order valence-electron chi connectivity index (χ4n) is 3.90. The molecule has 0 saturated carbocycles. The lowest BCUT2D eigenvalue weighted by Gasteiger charge is -2.39. The standard InChI is InChI=1S/C20H20ClO6P/c1-20(2)24-18-17-16(23-19(18)25-20)15(12-8-10-13(21)11-9-12)26-28(22,27-17)14-6-4-3-5-7-14/h3-11,15-19H,1-2H3/t15-,16-,17+,18-,19-,28?/m1/s1. The highest BCUT2D eigenvalue weighted by Gasteiger charge is 2.62. The Labute approximate surface area is 168 Å². The summed E-state index contributed by atoms with van der Waals surface area (Å²) in [7, 11) is -3.61. The van der Waals surface area contributed by atoms with Crippen LogP contribution in [-0.2, 0) is 27.8 Å². The Morgan fingerprint density at radius 3 is 2.32 bits per heavy atom. The minimum absolute atomic E-state index is 0.490. The highest BCUT2D eigenvalue weighted by Crippen LogP contribution is 2.61. The van der Waals surface area contributed by atoms with E-state index in [1.807, 2.05) is 32.0 Å². The molecule has 148 valence electrons. The molecule has 3 aliphatic heterocycles. The quantitative estimate of drug-likeness (QED) is 0.676. The Kier molecular flexibility index (Phi) is 4.45. The van der Waals surface area contributed by atoms with Crippen molar-refractivity contribution in [2.75, 3.05) is 0 Å². The van der Waals surface area contributed by atoms with Crippen molar-refractivity contribution in [1.29, 1.82) is 0 Å². The molecule has 8 heteroatoms. The van der Waals surface area contributed by atoms with Crippen LogP contribution < -0.4 is 5.30 Å². The van der Waals surface area contributed by atoms with Crippen molar-refractivity contribution in [1.82, 2.24) is 0 Å². The van der Waals surface area contributed by atoms with Crippen molar-refractivity contribution in [2.24, 2.45) is 0 Å². The summed E-state index contributed by atoms with van der Waals surface area (Å²) in [5.74, 6) is -0.797. The molecule has 3 aliphatic rings. The van der Waals surface area contributed by atoms with Gasteiger partial charge >= 0.3 is 7.60 Å². The van der Waals surface area contributed by atoms with Crippen LogP contribution in [0.3, 0.4) is 0 Å². The summed E-state index contributed by atoms with van der Waals surface area (Å²) < 4.78 is 43.8. The number of halogens is 1. The molecule has 1 unspecified atom stereocenters. The van der Waals surface area contributed by atoms with Crippen molar-refractivity contribution >= 4 is 24.5 Å². The molecular weight excluding hydrogens is 403 g/mol. The average molecular weight is 423 g/mol. The van der Waals surface area contributed by atoms with Crippen LogP contribution in [0.2, 0.25) is 5.02 Å². The van der Waals surface area contributed by atoms with Crippen LogP contribution in [0, 0.1) is 0 Å². The van der Waals surface area contributed by atoms with E-state index in [-0.39, 0.29) is 0 Å². The van der Waals surface area contributed by atoms with Gasteiger partial charge in [-0.15, -0.1) is 0 Å². The first-order valence-electron chi connectivity index (χ1n) is 9.14. The fraction of sp³-hybridized carbons (Fsp3) is 0.400. The van der Waals surface area contributed by atoms with Crippen molar-refractivity contribution < 1.29 is 27.8 Å². The van der Waals surface area contributed by atoms with Crippen LogP contribution in [0.1, 0.15) is 25.5 Å². The van der Waals surface area contributed by atoms with E-state index in [0.29, 0.717) is 10.3 Å². The third kappa shape index (κ3) is 3.14. The molecule has 2 aromatic rings. The summed E-state index contributed by atoms with van der Waals surface area (Å²) in [6.07, 6.45) is -2.81. The molecule has 0 bridgehead atoms. The molecule has 0 amide bonds. The van der Waals surface area contributed by atoms with Gasteiger partial charge in [0, 0.05) is 5.02 Å². The van der Waals surface area contributed by atoms with E-state index < -0.39 is 44.1 Å². The number of benzene rings is 2. The summed E-state index contributed by atoms with van der Waals surface area (Å²) in [6, 6.07) is 16.2. The van der Waals surface area contributed by atoms with E-state index in [1.165, 1.54) is 0 Å². The van der Waals surface area contributed by atoms with Gasteiger partial charge in [-0.25, -0.2) is 0 Å². The Bertz CT molecular complexity index is 918. The SMILES string of the molecule is CC1(C)O[C@H]2O[C@H]3[C@H](OP(=O)(c4ccccc4)O[C@@H]3c3ccc(Cl)cc3)[C@H]2O1. The monoisotopic (exact) mass is 422 g/mol. The second-order valence-electron chi connectivity index (χ2n) is 7.55. The second kappa shape index (κ2) is 6.64. The van der Waals surface area contributed by atoms with Gasteiger partial charge in [-0.3, -0.25) is 13.6 Å². The normalized spacial score (nSPS) is 38.8. The Morgan fingerprint density at radius 2 is 1.61 bits per heavy atom. The second-order valence-corrected chi connectivity index (χ2v) is 9.92. The van der Waals surface area contributed by atoms with Gasteiger partial charge < -0.3 is 14.2 Å². The Balaban J connectivity index is 1.55. The highest BCUT2D eigenvalue weighted by molar-refractivity contribution is 7.62. The first kappa shape index (κ1) is 18.8. The Morgan fingerprint density at radius 1 is 0.893 bits per heavy atom. The van der Waals surface area contributed by atoms with E-state index in [0.717, 1.165) is 5.56 Å². The molecule has 0 aromatic heterocycles. The van der Waals surface area contributed by atoms with Gasteiger partial charge in [0.2, 0.25) is 0 Å². The van der Waals surface area contributed by atoms with E-state index in [9.17, 15) is 4.57 Å². The molecule has 0 spiro atoms. The molecule has 0 aliphatic carbocycles. The number of ether oxygens (including phenoxy) is 3. The maximum atomic E-state index is 13.8. The van der Waals surface area contributed by atoms with Crippen LogP contribution in [0.25, 0.3) is 0 Å². The van der Waals surface area contributed by atoms with E-state index in [4.69, 9.17) is 34.9 Å². The number of hydrogen-bond acceptors (Lipinski definition) is 6. The van der Waals surface area contributed by atoms with Gasteiger partial charge in [0.15, 0.2) is 12.1 Å². The number of hydrogen-bond donors (Lipinski definition) is 0. The lowest BCUT2D eigenvalue weighted by molar-refractivity contribution is -0.229. The van der Waals surface area contributed by atoms with Crippen molar-refractivity contribution in [3.63, 3.8) is 0 Å². The van der Waals surface area contributed by atoms with Crippen molar-refractivity contribution in [2.45, 2.75) is 50.3 Å². The van der Waals surface area contributed by atoms with E-state index in [2.05, 4.69) is 0 Å². The molecule has 5 rings (SSSR count). The molecule has 6 atom stereocenters. The molecular formula is C20H20ClO6P. The van der Waals surface area contributed by atoms with Gasteiger partial charge in [-0.05, 0) is 43.7 Å². The number of rotatable bonds is 2. The fourth-order valence-corrected chi connectivity index (χ4v) is 5.96. The molecule has 3 heterocycles. The van der Waals surface area contributed by atoms with Crippen LogP contribution in [-0.4, -0.2) is 30.4 Å². The predicted molar refractivity (Wildman–Crippen MR) is 103 cm³/mol. The molecule has 3 saturated heterocycles. The predicted octanol–water partition coefficient (Wildman–Crippen LogP) is 4.19. The zero-order valence-electron chi connectivity index (χ0n) is 15.4. The largest absolute Gasteiger partial charge is 0.362 e. The van der Waals surface area contributed by atoms with Gasteiger partial charge in [0.1, 0.15) is 24.4 Å². The topological polar surface area (TPSA) is 63.2 Å². The zero-order chi connectivity index (χ0) is 19.5. The molecule has 3 fully saturated rings. The van der Waals surface area contributed by atoms with Crippen LogP contribution in [0.15, 0.2) is 54.6 Å². The molecule has 28 heavy (non-hydrogen) atoms.